The Morgan fingerprint density at radius 1 is 0.613 bits per heavy atom. The fourth-order valence-electron chi connectivity index (χ4n) is 4.04. The van der Waals surface area contributed by atoms with E-state index in [1.165, 1.54) is 0 Å². The molecule has 3 aromatic rings. The second-order valence-electron chi connectivity index (χ2n) is 7.63. The number of benzene rings is 3. The van der Waals surface area contributed by atoms with E-state index < -0.39 is 36.3 Å². The van der Waals surface area contributed by atoms with Gasteiger partial charge >= 0.3 is 0 Å². The predicted octanol–water partition coefficient (Wildman–Crippen LogP) is 1.79. The molecule has 1 heterocycles. The van der Waals surface area contributed by atoms with Crippen LogP contribution in [0.25, 0.3) is 0 Å². The van der Waals surface area contributed by atoms with Crippen LogP contribution in [0.5, 0.6) is 0 Å². The Bertz CT molecular complexity index is 853. The first-order valence-electron chi connectivity index (χ1n) is 10.2. The zero-order valence-corrected chi connectivity index (χ0v) is 16.9. The summed E-state index contributed by atoms with van der Waals surface area (Å²) in [7, 11) is 0. The summed E-state index contributed by atoms with van der Waals surface area (Å²) in [6, 6.07) is 29.1. The number of aliphatic hydroxyl groups excluding tert-OH is 4. The SMILES string of the molecule is OC1O[C@H](COC(c2ccccc2)(c2ccccc2)c2ccccc2)[C@H](O)[C@@H](O)[C@H]1O. The maximum Gasteiger partial charge on any atom is 0.184 e. The van der Waals surface area contributed by atoms with Crippen molar-refractivity contribution in [1.29, 1.82) is 0 Å². The molecule has 1 aliphatic heterocycles. The molecular weight excluding hydrogens is 396 g/mol. The molecule has 5 atom stereocenters. The maximum absolute atomic E-state index is 10.4. The Morgan fingerprint density at radius 2 is 1.03 bits per heavy atom. The van der Waals surface area contributed by atoms with E-state index in [2.05, 4.69) is 0 Å². The van der Waals surface area contributed by atoms with Crippen LogP contribution >= 0.6 is 0 Å². The highest BCUT2D eigenvalue weighted by atomic mass is 16.6. The van der Waals surface area contributed by atoms with Gasteiger partial charge in [0.2, 0.25) is 0 Å². The molecule has 0 bridgehead atoms. The minimum absolute atomic E-state index is 0.138. The van der Waals surface area contributed by atoms with E-state index in [9.17, 15) is 20.4 Å². The smallest absolute Gasteiger partial charge is 0.184 e. The van der Waals surface area contributed by atoms with Gasteiger partial charge in [-0.05, 0) is 16.7 Å². The van der Waals surface area contributed by atoms with Crippen LogP contribution in [0.1, 0.15) is 16.7 Å². The highest BCUT2D eigenvalue weighted by Crippen LogP contribution is 2.41. The molecule has 1 unspecified atom stereocenters. The summed E-state index contributed by atoms with van der Waals surface area (Å²) >= 11 is 0. The van der Waals surface area contributed by atoms with Crippen molar-refractivity contribution in [3.05, 3.63) is 108 Å². The molecule has 0 amide bonds. The van der Waals surface area contributed by atoms with Crippen molar-refractivity contribution in [2.75, 3.05) is 6.61 Å². The first-order valence-corrected chi connectivity index (χ1v) is 10.2. The molecule has 6 nitrogen and oxygen atoms in total. The van der Waals surface area contributed by atoms with E-state index in [4.69, 9.17) is 9.47 Å². The summed E-state index contributed by atoms with van der Waals surface area (Å²) in [6.45, 7) is -0.138. The van der Waals surface area contributed by atoms with Crippen molar-refractivity contribution in [2.45, 2.75) is 36.3 Å². The monoisotopic (exact) mass is 422 g/mol. The lowest BCUT2D eigenvalue weighted by atomic mass is 9.80. The number of hydrogen-bond donors (Lipinski definition) is 4. The first-order chi connectivity index (χ1) is 15.0. The van der Waals surface area contributed by atoms with Gasteiger partial charge in [-0.2, -0.15) is 0 Å². The van der Waals surface area contributed by atoms with Crippen molar-refractivity contribution < 1.29 is 29.9 Å². The van der Waals surface area contributed by atoms with E-state index in [-0.39, 0.29) is 6.61 Å². The first kappa shape index (κ1) is 21.6. The number of aliphatic hydroxyl groups is 4. The Kier molecular flexibility index (Phi) is 6.48. The number of rotatable bonds is 6. The van der Waals surface area contributed by atoms with Gasteiger partial charge < -0.3 is 29.9 Å². The van der Waals surface area contributed by atoms with Crippen molar-refractivity contribution in [3.8, 4) is 0 Å². The van der Waals surface area contributed by atoms with Gasteiger partial charge in [-0.25, -0.2) is 0 Å². The fourth-order valence-corrected chi connectivity index (χ4v) is 4.04. The van der Waals surface area contributed by atoms with Crippen molar-refractivity contribution in [1.82, 2.24) is 0 Å². The zero-order chi connectivity index (χ0) is 21.8. The summed E-state index contributed by atoms with van der Waals surface area (Å²) in [4.78, 5) is 0. The zero-order valence-electron chi connectivity index (χ0n) is 16.9. The fraction of sp³-hybridized carbons (Fsp3) is 0.280. The summed E-state index contributed by atoms with van der Waals surface area (Å²) in [6.07, 6.45) is -7.21. The second kappa shape index (κ2) is 9.28. The largest absolute Gasteiger partial charge is 0.387 e. The maximum atomic E-state index is 10.4. The Morgan fingerprint density at radius 3 is 1.45 bits per heavy atom. The quantitative estimate of drug-likeness (QED) is 0.452. The van der Waals surface area contributed by atoms with Gasteiger partial charge in [0.05, 0.1) is 6.61 Å². The molecule has 0 radical (unpaired) electrons. The van der Waals surface area contributed by atoms with Crippen LogP contribution in [0.3, 0.4) is 0 Å². The molecule has 0 aliphatic carbocycles. The Hall–Kier alpha value is -2.58. The average molecular weight is 422 g/mol. The van der Waals surface area contributed by atoms with Gasteiger partial charge in [0.1, 0.15) is 30.0 Å². The lowest BCUT2D eigenvalue weighted by Gasteiger charge is -2.41. The van der Waals surface area contributed by atoms with Crippen LogP contribution in [-0.4, -0.2) is 57.7 Å². The molecule has 31 heavy (non-hydrogen) atoms. The molecule has 6 heteroatoms. The molecule has 1 aliphatic rings. The molecule has 3 aromatic carbocycles. The normalized spacial score (nSPS) is 26.5. The van der Waals surface area contributed by atoms with Gasteiger partial charge in [0, 0.05) is 0 Å². The van der Waals surface area contributed by atoms with E-state index in [0.717, 1.165) is 16.7 Å². The Balaban J connectivity index is 1.78. The predicted molar refractivity (Wildman–Crippen MR) is 114 cm³/mol. The Labute approximate surface area is 180 Å². The summed E-state index contributed by atoms with van der Waals surface area (Å²) in [5.41, 5.74) is 1.59. The minimum atomic E-state index is -1.62. The van der Waals surface area contributed by atoms with Crippen molar-refractivity contribution in [3.63, 3.8) is 0 Å². The lowest BCUT2D eigenvalue weighted by molar-refractivity contribution is -0.291. The van der Waals surface area contributed by atoms with Crippen LogP contribution in [0.4, 0.5) is 0 Å². The molecule has 0 aromatic heterocycles. The summed E-state index contributed by atoms with van der Waals surface area (Å²) in [5.74, 6) is 0. The second-order valence-corrected chi connectivity index (χ2v) is 7.63. The number of ether oxygens (including phenoxy) is 2. The highest BCUT2D eigenvalue weighted by Gasteiger charge is 2.45. The van der Waals surface area contributed by atoms with Gasteiger partial charge in [-0.1, -0.05) is 91.0 Å². The van der Waals surface area contributed by atoms with Gasteiger partial charge in [-0.15, -0.1) is 0 Å². The average Bonchev–Trinajstić information content (AvgIpc) is 2.83. The van der Waals surface area contributed by atoms with Crippen LogP contribution in [0.2, 0.25) is 0 Å². The van der Waals surface area contributed by atoms with E-state index in [1.807, 2.05) is 91.0 Å². The highest BCUT2D eigenvalue weighted by molar-refractivity contribution is 5.47. The molecule has 0 spiro atoms. The minimum Gasteiger partial charge on any atom is -0.387 e. The molecule has 1 saturated heterocycles. The summed E-state index contributed by atoms with van der Waals surface area (Å²) in [5, 5.41) is 40.2. The van der Waals surface area contributed by atoms with Crippen molar-refractivity contribution >= 4 is 0 Å². The van der Waals surface area contributed by atoms with Gasteiger partial charge in [0.15, 0.2) is 6.29 Å². The molecular formula is C25H26O6. The molecule has 4 rings (SSSR count). The van der Waals surface area contributed by atoms with Crippen LogP contribution in [0.15, 0.2) is 91.0 Å². The third-order valence-electron chi connectivity index (χ3n) is 5.69. The number of hydrogen-bond acceptors (Lipinski definition) is 6. The molecule has 4 N–H and O–H groups in total. The van der Waals surface area contributed by atoms with Crippen LogP contribution < -0.4 is 0 Å². The molecule has 162 valence electrons. The topological polar surface area (TPSA) is 99.4 Å². The molecule has 0 saturated carbocycles. The van der Waals surface area contributed by atoms with E-state index >= 15 is 0 Å². The molecule has 1 fully saturated rings. The third kappa shape index (κ3) is 4.14. The third-order valence-corrected chi connectivity index (χ3v) is 5.69. The van der Waals surface area contributed by atoms with Crippen LogP contribution in [0, 0.1) is 0 Å². The lowest BCUT2D eigenvalue weighted by Crippen LogP contribution is -2.59. The van der Waals surface area contributed by atoms with Gasteiger partial charge in [0.25, 0.3) is 0 Å². The van der Waals surface area contributed by atoms with E-state index in [0.29, 0.717) is 0 Å². The summed E-state index contributed by atoms with van der Waals surface area (Å²) < 4.78 is 11.9. The van der Waals surface area contributed by atoms with Crippen molar-refractivity contribution in [2.24, 2.45) is 0 Å². The standard InChI is InChI=1S/C25H26O6/c26-21-20(31-24(29)23(28)22(21)27)16-30-25(17-10-4-1-5-11-17,18-12-6-2-7-13-18)19-14-8-3-9-15-19/h1-15,20-24,26-29H,16H2/t20-,21+,22-,23-,24?/m1/s1. The van der Waals surface area contributed by atoms with Gasteiger partial charge in [-0.3, -0.25) is 0 Å². The van der Waals surface area contributed by atoms with Crippen LogP contribution in [-0.2, 0) is 15.1 Å². The van der Waals surface area contributed by atoms with E-state index in [1.54, 1.807) is 0 Å².